The highest BCUT2D eigenvalue weighted by molar-refractivity contribution is 6.19. The van der Waals surface area contributed by atoms with Crippen molar-refractivity contribution in [2.75, 3.05) is 4.90 Å². The van der Waals surface area contributed by atoms with Crippen molar-refractivity contribution in [3.8, 4) is 89.4 Å². The second-order valence-corrected chi connectivity index (χ2v) is 26.2. The van der Waals surface area contributed by atoms with Crippen molar-refractivity contribution in [3.63, 3.8) is 0 Å². The standard InChI is InChI=1S/C87H59NO3/c1-50-43-54(51-23-9-6-10-24-51)41-42-75(50)88-76-46-69-71(86(2,3)73-44-67(57-29-15-17-31-59(57)80(69)73)65-39-21-37-63-61-35-19-33-55(82(61)90-84(63)65)52-25-11-7-12-26-52)48-78(76)89-79-49-72-70(47-77(79)88)81-60-32-18-16-30-58(60)68(45-74(81)87(72,4)5)66-40-22-38-64-62-36-20-34-56(83(62)91-85(64)66)53-27-13-8-14-28-53/h6-49H,1-5H3. The average Bonchev–Trinajstić information content (AvgIpc) is 1.57. The largest absolute Gasteiger partial charge is 0.455 e. The molecule has 16 aromatic rings. The first kappa shape index (κ1) is 51.8. The van der Waals surface area contributed by atoms with Crippen molar-refractivity contribution in [1.29, 1.82) is 0 Å². The van der Waals surface area contributed by atoms with Crippen molar-refractivity contribution in [2.45, 2.75) is 45.4 Å². The van der Waals surface area contributed by atoms with Crippen molar-refractivity contribution in [2.24, 2.45) is 0 Å². The third kappa shape index (κ3) is 7.33. The monoisotopic (exact) mass is 1170 g/mol. The van der Waals surface area contributed by atoms with E-state index in [2.05, 4.69) is 306 Å². The summed E-state index contributed by atoms with van der Waals surface area (Å²) >= 11 is 0. The third-order valence-electron chi connectivity index (χ3n) is 20.6. The van der Waals surface area contributed by atoms with Gasteiger partial charge in [-0.2, -0.15) is 0 Å². The summed E-state index contributed by atoms with van der Waals surface area (Å²) in [7, 11) is 0. The lowest BCUT2D eigenvalue weighted by atomic mass is 9.80. The number of ether oxygens (including phenoxy) is 1. The smallest absolute Gasteiger partial charge is 0.151 e. The Morgan fingerprint density at radius 3 is 1.07 bits per heavy atom. The molecular weight excluding hydrogens is 1110 g/mol. The first-order valence-electron chi connectivity index (χ1n) is 31.7. The number of aryl methyl sites for hydroxylation is 1. The molecule has 0 radical (unpaired) electrons. The molecule has 2 aliphatic carbocycles. The molecule has 91 heavy (non-hydrogen) atoms. The van der Waals surface area contributed by atoms with E-state index < -0.39 is 10.8 Å². The number of fused-ring (bicyclic) bond motifs is 18. The number of furan rings is 2. The molecule has 0 saturated heterocycles. The van der Waals surface area contributed by atoms with Crippen LogP contribution in [0.5, 0.6) is 11.5 Å². The zero-order valence-corrected chi connectivity index (χ0v) is 51.1. The van der Waals surface area contributed by atoms with Gasteiger partial charge >= 0.3 is 0 Å². The second-order valence-electron chi connectivity index (χ2n) is 26.2. The third-order valence-corrected chi connectivity index (χ3v) is 20.6. The van der Waals surface area contributed by atoms with E-state index >= 15 is 0 Å². The summed E-state index contributed by atoms with van der Waals surface area (Å²) in [6.45, 7) is 11.8. The van der Waals surface area contributed by atoms with Gasteiger partial charge in [-0.15, -0.1) is 0 Å². The lowest BCUT2D eigenvalue weighted by molar-refractivity contribution is 0.473. The van der Waals surface area contributed by atoms with Gasteiger partial charge in [0, 0.05) is 60.3 Å². The molecule has 3 heterocycles. The summed E-state index contributed by atoms with van der Waals surface area (Å²) < 4.78 is 21.8. The summed E-state index contributed by atoms with van der Waals surface area (Å²) in [4.78, 5) is 2.50. The highest BCUT2D eigenvalue weighted by atomic mass is 16.5. The van der Waals surface area contributed by atoms with Crippen LogP contribution in [0.1, 0.15) is 55.5 Å². The SMILES string of the molecule is Cc1cc(-c2ccccc2)ccc1N1c2cc3c(cc2Oc2cc4c(cc21)-c1c(cc(-c2cccc5c2oc2c(-c6ccccc6)cccc25)c2ccccc12)C4(C)C)C(C)(C)c1cc(-c2cccc4c2oc2c(-c5ccccc5)cccc24)c2ccccc2c1-3. The Labute approximate surface area is 527 Å². The van der Waals surface area contributed by atoms with Crippen LogP contribution in [-0.2, 0) is 10.8 Å². The number of hydrogen-bond donors (Lipinski definition) is 0. The average molecular weight is 1170 g/mol. The molecule has 0 fully saturated rings. The van der Waals surface area contributed by atoms with Gasteiger partial charge in [0.15, 0.2) is 11.5 Å². The van der Waals surface area contributed by atoms with Crippen LogP contribution in [-0.4, -0.2) is 0 Å². The first-order valence-corrected chi connectivity index (χ1v) is 31.7. The van der Waals surface area contributed by atoms with Gasteiger partial charge in [-0.1, -0.05) is 246 Å². The lowest BCUT2D eigenvalue weighted by Crippen LogP contribution is -2.20. The maximum atomic E-state index is 7.53. The Balaban J connectivity index is 0.802. The number of rotatable bonds is 6. The molecule has 0 spiro atoms. The minimum Gasteiger partial charge on any atom is -0.455 e. The van der Waals surface area contributed by atoms with Crippen molar-refractivity contribution < 1.29 is 13.6 Å². The second kappa shape index (κ2) is 18.9. The quantitative estimate of drug-likeness (QED) is 0.166. The molecule has 0 N–H and O–H groups in total. The van der Waals surface area contributed by atoms with Crippen LogP contribution in [0, 0.1) is 6.92 Å². The van der Waals surface area contributed by atoms with Crippen molar-refractivity contribution >= 4 is 82.5 Å². The maximum Gasteiger partial charge on any atom is 0.151 e. The van der Waals surface area contributed by atoms with E-state index in [0.717, 1.165) is 117 Å². The first-order chi connectivity index (χ1) is 44.6. The molecule has 0 unspecified atom stereocenters. The van der Waals surface area contributed by atoms with Crippen molar-refractivity contribution in [3.05, 3.63) is 295 Å². The molecule has 4 nitrogen and oxygen atoms in total. The number of anilines is 3. The lowest BCUT2D eigenvalue weighted by Gasteiger charge is -2.36. The van der Waals surface area contributed by atoms with Crippen LogP contribution in [0.25, 0.3) is 143 Å². The molecule has 2 aromatic heterocycles. The summed E-state index contributed by atoms with van der Waals surface area (Å²) in [5.74, 6) is 1.67. The van der Waals surface area contributed by atoms with Crippen LogP contribution in [0.2, 0.25) is 0 Å². The van der Waals surface area contributed by atoms with E-state index in [1.54, 1.807) is 0 Å². The number of benzene rings is 14. The zero-order valence-electron chi connectivity index (χ0n) is 51.1. The number of hydrogen-bond acceptors (Lipinski definition) is 4. The molecule has 19 rings (SSSR count). The molecular formula is C87H59NO3. The minimum atomic E-state index is -0.403. The van der Waals surface area contributed by atoms with Crippen LogP contribution >= 0.6 is 0 Å². The maximum absolute atomic E-state index is 7.53. The van der Waals surface area contributed by atoms with Gasteiger partial charge in [0.1, 0.15) is 22.3 Å². The zero-order chi connectivity index (χ0) is 60.6. The van der Waals surface area contributed by atoms with E-state index in [1.807, 2.05) is 0 Å². The van der Waals surface area contributed by atoms with Crippen LogP contribution in [0.4, 0.5) is 17.1 Å². The van der Waals surface area contributed by atoms with Crippen LogP contribution < -0.4 is 9.64 Å². The van der Waals surface area contributed by atoms with Gasteiger partial charge in [-0.05, 0) is 160 Å². The fourth-order valence-electron chi connectivity index (χ4n) is 16.1. The predicted molar refractivity (Wildman–Crippen MR) is 378 cm³/mol. The minimum absolute atomic E-state index is 0.403. The number of nitrogens with zero attached hydrogens (tertiary/aromatic N) is 1. The summed E-state index contributed by atoms with van der Waals surface area (Å²) in [5.41, 5.74) is 28.4. The van der Waals surface area contributed by atoms with Gasteiger partial charge in [0.2, 0.25) is 0 Å². The highest BCUT2D eigenvalue weighted by Crippen LogP contribution is 2.63. The highest BCUT2D eigenvalue weighted by Gasteiger charge is 2.44. The Kier molecular flexibility index (Phi) is 10.8. The van der Waals surface area contributed by atoms with E-state index in [-0.39, 0.29) is 0 Å². The normalized spacial score (nSPS) is 14.0. The summed E-state index contributed by atoms with van der Waals surface area (Å²) in [6.07, 6.45) is 0. The molecule has 0 saturated carbocycles. The molecule has 4 heteroatoms. The van der Waals surface area contributed by atoms with Gasteiger partial charge < -0.3 is 18.5 Å². The molecule has 0 bridgehead atoms. The summed E-state index contributed by atoms with van der Waals surface area (Å²) in [5, 5.41) is 9.24. The molecule has 430 valence electrons. The fourth-order valence-corrected chi connectivity index (χ4v) is 16.1. The Morgan fingerprint density at radius 1 is 0.264 bits per heavy atom. The predicted octanol–water partition coefficient (Wildman–Crippen LogP) is 24.6. The van der Waals surface area contributed by atoms with E-state index in [4.69, 9.17) is 13.6 Å². The van der Waals surface area contributed by atoms with Gasteiger partial charge in [-0.25, -0.2) is 0 Å². The molecule has 1 aliphatic heterocycles. The summed E-state index contributed by atoms with van der Waals surface area (Å²) in [6, 6.07) is 97.6. The molecule has 14 aromatic carbocycles. The van der Waals surface area contributed by atoms with Gasteiger partial charge in [0.25, 0.3) is 0 Å². The van der Waals surface area contributed by atoms with E-state index in [1.165, 1.54) is 82.7 Å². The Hall–Kier alpha value is -11.2. The Morgan fingerprint density at radius 2 is 0.637 bits per heavy atom. The van der Waals surface area contributed by atoms with E-state index in [0.29, 0.717) is 0 Å². The van der Waals surface area contributed by atoms with Gasteiger partial charge in [-0.3, -0.25) is 0 Å². The molecule has 0 amide bonds. The van der Waals surface area contributed by atoms with Gasteiger partial charge in [0.05, 0.1) is 11.4 Å². The van der Waals surface area contributed by atoms with E-state index in [9.17, 15) is 0 Å². The fraction of sp³-hybridized carbons (Fsp3) is 0.0805. The topological polar surface area (TPSA) is 38.8 Å². The Bertz CT molecular complexity index is 5490. The van der Waals surface area contributed by atoms with Crippen LogP contribution in [0.15, 0.2) is 276 Å². The van der Waals surface area contributed by atoms with Crippen molar-refractivity contribution in [1.82, 2.24) is 0 Å². The molecule has 3 aliphatic rings. The molecule has 0 atom stereocenters. The number of para-hydroxylation sites is 4. The van der Waals surface area contributed by atoms with Crippen LogP contribution in [0.3, 0.4) is 0 Å².